The van der Waals surface area contributed by atoms with Crippen molar-refractivity contribution in [3.63, 3.8) is 0 Å². The smallest absolute Gasteiger partial charge is 0.306 e. The highest BCUT2D eigenvalue weighted by Crippen LogP contribution is 2.19. The molecule has 386 valence electrons. The highest BCUT2D eigenvalue weighted by Gasteiger charge is 2.24. The second kappa shape index (κ2) is 53.6. The normalized spacial score (nSPS) is 13.1. The average Bonchev–Trinajstić information content (AvgIpc) is 3.30. The van der Waals surface area contributed by atoms with Gasteiger partial charge in [-0.1, -0.05) is 277 Å². The minimum absolute atomic E-state index is 0.0794. The van der Waals surface area contributed by atoms with Crippen LogP contribution in [-0.2, 0) is 14.3 Å². The van der Waals surface area contributed by atoms with Gasteiger partial charge in [0.1, 0.15) is 6.10 Å². The SMILES string of the molecule is CCCCCC/C=C\CCCCCCCC(CC(=O)NC(CO)C(O)CCCCCCCCCCCCCCCC)OC(=O)CCCCCCCCCCCCCCCCCCCCC. The number of rotatable bonds is 54. The Kier molecular flexibility index (Phi) is 52.4. The second-order valence-corrected chi connectivity index (χ2v) is 20.4. The number of unbranched alkanes of at least 4 members (excludes halogenated alkanes) is 40. The van der Waals surface area contributed by atoms with Gasteiger partial charge in [-0.15, -0.1) is 0 Å². The third-order valence-electron chi connectivity index (χ3n) is 13.8. The molecule has 65 heavy (non-hydrogen) atoms. The molecule has 6 heteroatoms. The Bertz CT molecular complexity index is 986. The molecular weight excluding hydrogens is 803 g/mol. The third-order valence-corrected chi connectivity index (χ3v) is 13.8. The number of amides is 1. The molecule has 3 unspecified atom stereocenters. The summed E-state index contributed by atoms with van der Waals surface area (Å²) in [5.41, 5.74) is 0. The summed E-state index contributed by atoms with van der Waals surface area (Å²) in [4.78, 5) is 26.3. The topological polar surface area (TPSA) is 95.9 Å². The van der Waals surface area contributed by atoms with E-state index in [2.05, 4.69) is 38.2 Å². The summed E-state index contributed by atoms with van der Waals surface area (Å²) < 4.78 is 5.96. The number of allylic oxidation sites excluding steroid dienone is 2. The molecule has 0 fully saturated rings. The van der Waals surface area contributed by atoms with E-state index in [1.165, 1.54) is 225 Å². The van der Waals surface area contributed by atoms with Crippen molar-refractivity contribution in [2.24, 2.45) is 0 Å². The standard InChI is InChI=1S/C59H115NO5/c1-4-7-10-13-16-19-22-25-27-28-29-30-31-34-37-40-43-46-49-52-59(64)65-55(50-47-44-41-38-35-32-24-21-18-15-12-9-6-3)53-58(63)60-56(54-61)57(62)51-48-45-42-39-36-33-26-23-20-17-14-11-8-5-2/h21,24,55-57,61-62H,4-20,22-23,25-54H2,1-3H3,(H,60,63)/b24-21-. The van der Waals surface area contributed by atoms with E-state index in [9.17, 15) is 19.8 Å². The lowest BCUT2D eigenvalue weighted by Gasteiger charge is -2.24. The Labute approximate surface area is 406 Å². The summed E-state index contributed by atoms with van der Waals surface area (Å²) in [5.74, 6) is -0.459. The van der Waals surface area contributed by atoms with Crippen molar-refractivity contribution in [2.45, 2.75) is 347 Å². The second-order valence-electron chi connectivity index (χ2n) is 20.4. The van der Waals surface area contributed by atoms with Crippen molar-refractivity contribution in [2.75, 3.05) is 6.61 Å². The van der Waals surface area contributed by atoms with Gasteiger partial charge in [-0.25, -0.2) is 0 Å². The van der Waals surface area contributed by atoms with Gasteiger partial charge in [0.2, 0.25) is 5.91 Å². The van der Waals surface area contributed by atoms with Crippen molar-refractivity contribution < 1.29 is 24.5 Å². The van der Waals surface area contributed by atoms with E-state index in [-0.39, 0.29) is 24.9 Å². The van der Waals surface area contributed by atoms with Gasteiger partial charge in [-0.3, -0.25) is 9.59 Å². The van der Waals surface area contributed by atoms with Crippen LogP contribution in [0.1, 0.15) is 329 Å². The van der Waals surface area contributed by atoms with Gasteiger partial charge in [0, 0.05) is 6.42 Å². The van der Waals surface area contributed by atoms with Crippen LogP contribution in [0, 0.1) is 0 Å². The largest absolute Gasteiger partial charge is 0.462 e. The maximum atomic E-state index is 13.3. The van der Waals surface area contributed by atoms with E-state index >= 15 is 0 Å². The molecule has 0 heterocycles. The van der Waals surface area contributed by atoms with Crippen molar-refractivity contribution >= 4 is 11.9 Å². The molecule has 0 aromatic rings. The van der Waals surface area contributed by atoms with Crippen LogP contribution in [-0.4, -0.2) is 46.9 Å². The van der Waals surface area contributed by atoms with Crippen LogP contribution in [0.5, 0.6) is 0 Å². The molecule has 0 saturated carbocycles. The van der Waals surface area contributed by atoms with E-state index in [0.717, 1.165) is 57.8 Å². The Morgan fingerprint density at radius 3 is 1.11 bits per heavy atom. The third kappa shape index (κ3) is 48.9. The lowest BCUT2D eigenvalue weighted by molar-refractivity contribution is -0.151. The van der Waals surface area contributed by atoms with Gasteiger partial charge >= 0.3 is 5.97 Å². The molecule has 0 aliphatic rings. The van der Waals surface area contributed by atoms with E-state index in [0.29, 0.717) is 19.3 Å². The summed E-state index contributed by atoms with van der Waals surface area (Å²) in [6, 6.07) is -0.698. The summed E-state index contributed by atoms with van der Waals surface area (Å²) in [6.07, 6.45) is 61.4. The predicted molar refractivity (Wildman–Crippen MR) is 283 cm³/mol. The molecule has 0 aromatic heterocycles. The van der Waals surface area contributed by atoms with Crippen molar-refractivity contribution in [1.29, 1.82) is 0 Å². The number of aliphatic hydroxyl groups is 2. The summed E-state index contributed by atoms with van der Waals surface area (Å²) in [7, 11) is 0. The zero-order valence-corrected chi connectivity index (χ0v) is 44.2. The molecule has 0 radical (unpaired) electrons. The van der Waals surface area contributed by atoms with Crippen molar-refractivity contribution in [3.05, 3.63) is 12.2 Å². The van der Waals surface area contributed by atoms with Crippen LogP contribution < -0.4 is 5.32 Å². The van der Waals surface area contributed by atoms with Crippen LogP contribution in [0.4, 0.5) is 0 Å². The summed E-state index contributed by atoms with van der Waals surface area (Å²) in [5, 5.41) is 23.9. The van der Waals surface area contributed by atoms with E-state index in [1.54, 1.807) is 0 Å². The molecule has 0 bridgehead atoms. The van der Waals surface area contributed by atoms with Gasteiger partial charge < -0.3 is 20.3 Å². The first-order valence-corrected chi connectivity index (χ1v) is 29.4. The number of hydrogen-bond acceptors (Lipinski definition) is 5. The number of esters is 1. The predicted octanol–water partition coefficient (Wildman–Crippen LogP) is 18.1. The summed E-state index contributed by atoms with van der Waals surface area (Å²) in [6.45, 7) is 6.51. The number of carbonyl (C=O) groups is 2. The molecular formula is C59H115NO5. The Morgan fingerprint density at radius 1 is 0.431 bits per heavy atom. The monoisotopic (exact) mass is 918 g/mol. The zero-order chi connectivity index (χ0) is 47.4. The quantitative estimate of drug-likeness (QED) is 0.0321. The van der Waals surface area contributed by atoms with E-state index in [4.69, 9.17) is 4.74 Å². The van der Waals surface area contributed by atoms with Gasteiger partial charge in [0.25, 0.3) is 0 Å². The number of aliphatic hydroxyl groups excluding tert-OH is 2. The lowest BCUT2D eigenvalue weighted by atomic mass is 10.0. The zero-order valence-electron chi connectivity index (χ0n) is 44.2. The molecule has 0 spiro atoms. The molecule has 0 aromatic carbocycles. The molecule has 0 aliphatic carbocycles. The Hall–Kier alpha value is -1.40. The lowest BCUT2D eigenvalue weighted by Crippen LogP contribution is -2.46. The highest BCUT2D eigenvalue weighted by atomic mass is 16.5. The number of ether oxygens (including phenoxy) is 1. The van der Waals surface area contributed by atoms with Gasteiger partial charge in [0.15, 0.2) is 0 Å². The van der Waals surface area contributed by atoms with Crippen molar-refractivity contribution in [1.82, 2.24) is 5.32 Å². The fourth-order valence-corrected chi connectivity index (χ4v) is 9.37. The average molecular weight is 919 g/mol. The van der Waals surface area contributed by atoms with Crippen LogP contribution in [0.2, 0.25) is 0 Å². The fraction of sp³-hybridized carbons (Fsp3) is 0.932. The van der Waals surface area contributed by atoms with E-state index in [1.807, 2.05) is 0 Å². The maximum Gasteiger partial charge on any atom is 0.306 e. The number of hydrogen-bond donors (Lipinski definition) is 3. The number of carbonyl (C=O) groups excluding carboxylic acids is 2. The molecule has 0 aliphatic heterocycles. The van der Waals surface area contributed by atoms with Gasteiger partial charge in [0.05, 0.1) is 25.2 Å². The van der Waals surface area contributed by atoms with Crippen LogP contribution in [0.15, 0.2) is 12.2 Å². The molecule has 3 N–H and O–H groups in total. The number of nitrogens with one attached hydrogen (secondary N) is 1. The first-order valence-electron chi connectivity index (χ1n) is 29.4. The highest BCUT2D eigenvalue weighted by molar-refractivity contribution is 5.77. The molecule has 0 rings (SSSR count). The van der Waals surface area contributed by atoms with E-state index < -0.39 is 18.2 Å². The molecule has 1 amide bonds. The minimum Gasteiger partial charge on any atom is -0.462 e. The molecule has 6 nitrogen and oxygen atoms in total. The fourth-order valence-electron chi connectivity index (χ4n) is 9.37. The van der Waals surface area contributed by atoms with Crippen LogP contribution in [0.25, 0.3) is 0 Å². The minimum atomic E-state index is -0.785. The van der Waals surface area contributed by atoms with Gasteiger partial charge in [-0.05, 0) is 51.4 Å². The molecule has 0 saturated heterocycles. The Balaban J connectivity index is 4.45. The maximum absolute atomic E-state index is 13.3. The Morgan fingerprint density at radius 2 is 0.738 bits per heavy atom. The van der Waals surface area contributed by atoms with Gasteiger partial charge in [-0.2, -0.15) is 0 Å². The first kappa shape index (κ1) is 63.6. The van der Waals surface area contributed by atoms with Crippen molar-refractivity contribution in [3.8, 4) is 0 Å². The molecule has 3 atom stereocenters. The van der Waals surface area contributed by atoms with Crippen LogP contribution in [0.3, 0.4) is 0 Å². The summed E-state index contributed by atoms with van der Waals surface area (Å²) >= 11 is 0. The van der Waals surface area contributed by atoms with Crippen LogP contribution >= 0.6 is 0 Å². The first-order chi connectivity index (χ1) is 32.0.